The highest BCUT2D eigenvalue weighted by atomic mass is 19.2. The number of oxime groups is 1. The molecule has 0 saturated carbocycles. The second-order valence-electron chi connectivity index (χ2n) is 9.37. The van der Waals surface area contributed by atoms with Gasteiger partial charge < -0.3 is 29.8 Å². The van der Waals surface area contributed by atoms with Crippen LogP contribution in [0.5, 0.6) is 0 Å². The molecular weight excluding hydrogens is 499 g/mol. The third kappa shape index (κ3) is 4.93. The number of aliphatic hydroxyl groups is 2. The fourth-order valence-electron chi connectivity index (χ4n) is 5.13. The van der Waals surface area contributed by atoms with Crippen molar-refractivity contribution in [3.05, 3.63) is 35.8 Å². The summed E-state index contributed by atoms with van der Waals surface area (Å²) in [6, 6.07) is 0.696. The predicted octanol–water partition coefficient (Wildman–Crippen LogP) is 0.710. The molecule has 3 aliphatic heterocycles. The van der Waals surface area contributed by atoms with Crippen LogP contribution in [0.2, 0.25) is 0 Å². The molecule has 0 radical (unpaired) electrons. The molecule has 0 bridgehead atoms. The summed E-state index contributed by atoms with van der Waals surface area (Å²) in [7, 11) is 1.43. The van der Waals surface area contributed by atoms with E-state index in [9.17, 15) is 28.2 Å². The number of hydrogen-bond acceptors (Lipinski definition) is 9. The Bertz CT molecular complexity index is 1170. The van der Waals surface area contributed by atoms with E-state index in [2.05, 4.69) is 20.8 Å². The first-order valence-electron chi connectivity index (χ1n) is 11.8. The fourth-order valence-corrected chi connectivity index (χ4v) is 5.13. The zero-order valence-corrected chi connectivity index (χ0v) is 19.8. The lowest BCUT2D eigenvalue weighted by Gasteiger charge is -2.44. The van der Waals surface area contributed by atoms with E-state index in [1.54, 1.807) is 0 Å². The van der Waals surface area contributed by atoms with Gasteiger partial charge >= 0.3 is 0 Å². The van der Waals surface area contributed by atoms with E-state index in [-0.39, 0.29) is 29.2 Å². The van der Waals surface area contributed by atoms with Gasteiger partial charge in [0.05, 0.1) is 24.6 Å². The molecular formula is C23H26F3N5O6. The highest BCUT2D eigenvalue weighted by Crippen LogP contribution is 2.36. The summed E-state index contributed by atoms with van der Waals surface area (Å²) >= 11 is 0. The molecule has 200 valence electrons. The molecule has 14 heteroatoms. The Balaban J connectivity index is 1.35. The van der Waals surface area contributed by atoms with Crippen molar-refractivity contribution in [2.24, 2.45) is 11.1 Å². The number of ether oxygens (including phenoxy) is 2. The smallest absolute Gasteiger partial charge is 0.220 e. The van der Waals surface area contributed by atoms with Gasteiger partial charge in [-0.1, -0.05) is 10.4 Å². The third-order valence-corrected chi connectivity index (χ3v) is 7.03. The first-order valence-corrected chi connectivity index (χ1v) is 11.8. The van der Waals surface area contributed by atoms with Gasteiger partial charge in [-0.05, 0) is 12.1 Å². The molecule has 3 N–H and O–H groups in total. The van der Waals surface area contributed by atoms with E-state index in [1.807, 2.05) is 0 Å². The number of halogens is 3. The summed E-state index contributed by atoms with van der Waals surface area (Å²) in [5.41, 5.74) is 0.778. The van der Waals surface area contributed by atoms with Crippen LogP contribution >= 0.6 is 0 Å². The molecule has 5 rings (SSSR count). The highest BCUT2D eigenvalue weighted by Gasteiger charge is 2.48. The maximum absolute atomic E-state index is 13.7. The molecule has 2 aromatic rings. The molecule has 0 unspecified atom stereocenters. The Morgan fingerprint density at radius 1 is 1.22 bits per heavy atom. The van der Waals surface area contributed by atoms with Crippen molar-refractivity contribution in [3.63, 3.8) is 0 Å². The number of methoxy groups -OCH3 is 1. The largest absolute Gasteiger partial charge is 0.394 e. The lowest BCUT2D eigenvalue weighted by molar-refractivity contribution is -0.219. The van der Waals surface area contributed by atoms with Crippen molar-refractivity contribution in [1.29, 1.82) is 0 Å². The first-order chi connectivity index (χ1) is 17.8. The number of nitrogens with one attached hydrogen (secondary N) is 1. The molecule has 3 aliphatic rings. The van der Waals surface area contributed by atoms with Crippen LogP contribution in [-0.4, -0.2) is 87.6 Å². The van der Waals surface area contributed by atoms with Crippen molar-refractivity contribution in [3.8, 4) is 11.3 Å². The molecule has 0 aliphatic carbocycles. The molecule has 2 fully saturated rings. The van der Waals surface area contributed by atoms with E-state index < -0.39 is 54.5 Å². The maximum Gasteiger partial charge on any atom is 0.220 e. The Morgan fingerprint density at radius 2 is 1.97 bits per heavy atom. The van der Waals surface area contributed by atoms with Gasteiger partial charge in [-0.2, -0.15) is 0 Å². The van der Waals surface area contributed by atoms with Crippen LogP contribution in [0.25, 0.3) is 11.3 Å². The normalized spacial score (nSPS) is 31.8. The number of rotatable bonds is 7. The minimum Gasteiger partial charge on any atom is -0.394 e. The fraction of sp³-hybridized carbons (Fsp3) is 0.565. The van der Waals surface area contributed by atoms with E-state index >= 15 is 0 Å². The molecule has 1 aromatic carbocycles. The number of amides is 1. The van der Waals surface area contributed by atoms with Gasteiger partial charge in [0.2, 0.25) is 5.91 Å². The maximum atomic E-state index is 13.7. The van der Waals surface area contributed by atoms with E-state index in [4.69, 9.17) is 14.3 Å². The Morgan fingerprint density at radius 3 is 2.62 bits per heavy atom. The Hall–Kier alpha value is -3.07. The van der Waals surface area contributed by atoms with Crippen LogP contribution in [0, 0.1) is 23.4 Å². The number of nitrogens with zero attached hydrogens (tertiary/aromatic N) is 4. The SMILES string of the molecule is CO[C@@H]1[C@@H](n2cc(-c3cc(F)c(F)c(F)c3)nn2)[C@@H](O)[C@@H](CO)O[C@@H]1C[C@H]1CC([C@H]2CNC(=O)C2)=NO1. The van der Waals surface area contributed by atoms with Crippen LogP contribution in [0.4, 0.5) is 13.2 Å². The summed E-state index contributed by atoms with van der Waals surface area (Å²) in [6.45, 7) is 0.00931. The van der Waals surface area contributed by atoms with Crippen molar-refractivity contribution in [2.75, 3.05) is 20.3 Å². The quantitative estimate of drug-likeness (QED) is 0.449. The predicted molar refractivity (Wildman–Crippen MR) is 120 cm³/mol. The van der Waals surface area contributed by atoms with Crippen LogP contribution < -0.4 is 5.32 Å². The number of benzene rings is 1. The summed E-state index contributed by atoms with van der Waals surface area (Å²) in [4.78, 5) is 17.1. The molecule has 11 nitrogen and oxygen atoms in total. The minimum atomic E-state index is -1.60. The summed E-state index contributed by atoms with van der Waals surface area (Å²) in [5.74, 6) is -4.41. The van der Waals surface area contributed by atoms with Gasteiger partial charge in [0.15, 0.2) is 17.5 Å². The average molecular weight is 525 g/mol. The van der Waals surface area contributed by atoms with Gasteiger partial charge in [-0.25, -0.2) is 17.9 Å². The monoisotopic (exact) mass is 525 g/mol. The van der Waals surface area contributed by atoms with E-state index in [0.29, 0.717) is 25.8 Å². The zero-order chi connectivity index (χ0) is 26.3. The molecule has 4 heterocycles. The molecule has 2 saturated heterocycles. The number of aliphatic hydroxyl groups excluding tert-OH is 2. The third-order valence-electron chi connectivity index (χ3n) is 7.03. The van der Waals surface area contributed by atoms with Gasteiger partial charge in [0.1, 0.15) is 36.2 Å². The number of carbonyl (C=O) groups excluding carboxylic acids is 1. The van der Waals surface area contributed by atoms with Crippen LogP contribution in [-0.2, 0) is 19.1 Å². The van der Waals surface area contributed by atoms with E-state index in [1.165, 1.54) is 18.0 Å². The first kappa shape index (κ1) is 25.6. The van der Waals surface area contributed by atoms with Gasteiger partial charge in [-0.15, -0.1) is 5.10 Å². The molecule has 7 atom stereocenters. The summed E-state index contributed by atoms with van der Waals surface area (Å²) < 4.78 is 53.8. The molecule has 37 heavy (non-hydrogen) atoms. The van der Waals surface area contributed by atoms with Crippen LogP contribution in [0.1, 0.15) is 25.3 Å². The second kappa shape index (κ2) is 10.4. The topological polar surface area (TPSA) is 140 Å². The minimum absolute atomic E-state index is 0.0301. The molecule has 1 aromatic heterocycles. The van der Waals surface area contributed by atoms with E-state index in [0.717, 1.165) is 17.8 Å². The molecule has 0 spiro atoms. The molecule has 1 amide bonds. The van der Waals surface area contributed by atoms with Crippen LogP contribution in [0.15, 0.2) is 23.5 Å². The van der Waals surface area contributed by atoms with Crippen molar-refractivity contribution >= 4 is 11.6 Å². The van der Waals surface area contributed by atoms with Crippen molar-refractivity contribution < 1.29 is 42.5 Å². The standard InChI is InChI=1S/C23H26F3N5O6/c1-35-23-17(6-12-5-15(29-37-12)11-4-19(33)27-7-11)36-18(9-32)22(34)21(23)31-8-16(28-30-31)10-2-13(24)20(26)14(25)3-10/h2-3,8,11-12,17-18,21-23,32,34H,4-7,9H2,1H3,(H,27,33)/t11-,12-,17-,18-,21+,22+,23+/m1/s1. The lowest BCUT2D eigenvalue weighted by atomic mass is 9.88. The number of carbonyl (C=O) groups is 1. The Kier molecular flexibility index (Phi) is 7.16. The van der Waals surface area contributed by atoms with Crippen molar-refractivity contribution in [1.82, 2.24) is 20.3 Å². The number of hydrogen-bond donors (Lipinski definition) is 3. The van der Waals surface area contributed by atoms with Crippen LogP contribution in [0.3, 0.4) is 0 Å². The second-order valence-corrected chi connectivity index (χ2v) is 9.37. The average Bonchev–Trinajstić information content (AvgIpc) is 3.64. The highest BCUT2D eigenvalue weighted by molar-refractivity contribution is 5.94. The Labute approximate surface area is 209 Å². The number of aromatic nitrogens is 3. The zero-order valence-electron chi connectivity index (χ0n) is 19.8. The van der Waals surface area contributed by atoms with Gasteiger partial charge in [-0.3, -0.25) is 4.79 Å². The van der Waals surface area contributed by atoms with Crippen molar-refractivity contribution in [2.45, 2.75) is 55.8 Å². The van der Waals surface area contributed by atoms with Gasteiger partial charge in [0, 0.05) is 44.4 Å². The van der Waals surface area contributed by atoms with Gasteiger partial charge in [0.25, 0.3) is 0 Å². The lowest BCUT2D eigenvalue weighted by Crippen LogP contribution is -2.57. The summed E-state index contributed by atoms with van der Waals surface area (Å²) in [6.07, 6.45) is -1.59. The summed E-state index contributed by atoms with van der Waals surface area (Å²) in [5, 5.41) is 35.7.